The fraction of sp³-hybridized carbons (Fsp3) is 0.714. The second-order valence-electron chi connectivity index (χ2n) is 5.22. The topological polar surface area (TPSA) is 44.5 Å². The Labute approximate surface area is 125 Å². The molecule has 1 aromatic rings. The molecule has 0 aliphatic rings. The number of methoxy groups -OCH3 is 1. The van der Waals surface area contributed by atoms with E-state index in [0.717, 1.165) is 22.1 Å². The predicted octanol–water partition coefficient (Wildman–Crippen LogP) is 4.01. The van der Waals surface area contributed by atoms with E-state index < -0.39 is 0 Å². The van der Waals surface area contributed by atoms with Gasteiger partial charge in [0.25, 0.3) is 0 Å². The summed E-state index contributed by atoms with van der Waals surface area (Å²) in [5, 5.41) is 0. The smallest absolute Gasteiger partial charge is 0.107 e. The van der Waals surface area contributed by atoms with Gasteiger partial charge in [0.1, 0.15) is 6.10 Å². The Morgan fingerprint density at radius 2 is 2.11 bits per heavy atom. The van der Waals surface area contributed by atoms with E-state index in [1.54, 1.807) is 7.11 Å². The second-order valence-corrected chi connectivity index (χ2v) is 6.97. The molecule has 2 unspecified atom stereocenters. The van der Waals surface area contributed by atoms with Crippen LogP contribution in [0.2, 0.25) is 4.34 Å². The van der Waals surface area contributed by atoms with Gasteiger partial charge in [-0.2, -0.15) is 0 Å². The Hall–Kier alpha value is -0.130. The number of hydrogen-bond donors (Lipinski definition) is 1. The molecule has 0 aromatic carbocycles. The van der Waals surface area contributed by atoms with E-state index in [1.165, 1.54) is 11.3 Å². The maximum Gasteiger partial charge on any atom is 0.107 e. The van der Waals surface area contributed by atoms with Crippen molar-refractivity contribution in [3.8, 4) is 0 Å². The van der Waals surface area contributed by atoms with Crippen molar-refractivity contribution >= 4 is 22.9 Å². The minimum Gasteiger partial charge on any atom is -0.379 e. The Balaban J connectivity index is 2.61. The molecule has 2 N–H and O–H groups in total. The summed E-state index contributed by atoms with van der Waals surface area (Å²) in [4.78, 5) is 1.09. The van der Waals surface area contributed by atoms with Crippen molar-refractivity contribution < 1.29 is 9.47 Å². The first-order valence-corrected chi connectivity index (χ1v) is 7.76. The zero-order valence-electron chi connectivity index (χ0n) is 12.1. The van der Waals surface area contributed by atoms with Gasteiger partial charge < -0.3 is 15.2 Å². The van der Waals surface area contributed by atoms with E-state index in [1.807, 2.05) is 26.0 Å². The summed E-state index contributed by atoms with van der Waals surface area (Å²) in [7, 11) is 1.72. The van der Waals surface area contributed by atoms with Crippen molar-refractivity contribution in [1.29, 1.82) is 0 Å². The molecule has 0 aliphatic carbocycles. The van der Waals surface area contributed by atoms with Gasteiger partial charge >= 0.3 is 0 Å². The molecular weight excluding hydrogens is 282 g/mol. The summed E-state index contributed by atoms with van der Waals surface area (Å²) in [5.74, 6) is 0. The third-order valence-electron chi connectivity index (χ3n) is 3.29. The van der Waals surface area contributed by atoms with Gasteiger partial charge in [0.05, 0.1) is 16.5 Å². The first kappa shape index (κ1) is 16.9. The van der Waals surface area contributed by atoms with Crippen molar-refractivity contribution in [3.05, 3.63) is 21.3 Å². The Morgan fingerprint density at radius 3 is 2.58 bits per heavy atom. The molecule has 19 heavy (non-hydrogen) atoms. The summed E-state index contributed by atoms with van der Waals surface area (Å²) >= 11 is 7.52. The van der Waals surface area contributed by atoms with Crippen LogP contribution >= 0.6 is 22.9 Å². The van der Waals surface area contributed by atoms with Crippen LogP contribution in [-0.4, -0.2) is 25.4 Å². The van der Waals surface area contributed by atoms with E-state index >= 15 is 0 Å². The normalized spacial score (nSPS) is 15.5. The van der Waals surface area contributed by atoms with E-state index in [9.17, 15) is 0 Å². The van der Waals surface area contributed by atoms with Gasteiger partial charge in [0, 0.05) is 18.0 Å². The van der Waals surface area contributed by atoms with Crippen LogP contribution in [0.25, 0.3) is 0 Å². The number of halogens is 1. The SMILES string of the molecule is CCC(N)C(OCCC(C)(C)OC)c1ccc(Cl)s1. The molecule has 0 radical (unpaired) electrons. The van der Waals surface area contributed by atoms with Crippen molar-refractivity contribution in [3.63, 3.8) is 0 Å². The van der Waals surface area contributed by atoms with Crippen LogP contribution in [-0.2, 0) is 9.47 Å². The molecular formula is C14H24ClNO2S. The van der Waals surface area contributed by atoms with Crippen LogP contribution in [0.3, 0.4) is 0 Å². The summed E-state index contributed by atoms with van der Waals surface area (Å²) < 4.78 is 12.1. The van der Waals surface area contributed by atoms with Gasteiger partial charge in [-0.15, -0.1) is 11.3 Å². The summed E-state index contributed by atoms with van der Waals surface area (Å²) in [5.41, 5.74) is 5.98. The highest BCUT2D eigenvalue weighted by atomic mass is 35.5. The van der Waals surface area contributed by atoms with Crippen LogP contribution in [0, 0.1) is 0 Å². The van der Waals surface area contributed by atoms with Gasteiger partial charge in [0.15, 0.2) is 0 Å². The Kier molecular flexibility index (Phi) is 6.77. The molecule has 0 saturated heterocycles. The van der Waals surface area contributed by atoms with Gasteiger partial charge in [-0.05, 0) is 38.8 Å². The number of hydrogen-bond acceptors (Lipinski definition) is 4. The van der Waals surface area contributed by atoms with Crippen LogP contribution in [0.5, 0.6) is 0 Å². The van der Waals surface area contributed by atoms with Crippen molar-refractivity contribution in [1.82, 2.24) is 0 Å². The highest BCUT2D eigenvalue weighted by molar-refractivity contribution is 7.16. The minimum atomic E-state index is -0.173. The van der Waals surface area contributed by atoms with E-state index in [2.05, 4.69) is 6.92 Å². The van der Waals surface area contributed by atoms with Crippen LogP contribution in [0.4, 0.5) is 0 Å². The molecule has 110 valence electrons. The molecule has 5 heteroatoms. The van der Waals surface area contributed by atoms with Gasteiger partial charge in [0.2, 0.25) is 0 Å². The molecule has 0 aliphatic heterocycles. The minimum absolute atomic E-state index is 0.0135. The number of ether oxygens (including phenoxy) is 2. The summed E-state index contributed by atoms with van der Waals surface area (Å²) in [6.45, 7) is 6.78. The highest BCUT2D eigenvalue weighted by Gasteiger charge is 2.23. The molecule has 0 fully saturated rings. The average molecular weight is 306 g/mol. The maximum absolute atomic E-state index is 6.15. The van der Waals surface area contributed by atoms with Crippen LogP contribution in [0.15, 0.2) is 12.1 Å². The monoisotopic (exact) mass is 305 g/mol. The van der Waals surface area contributed by atoms with Crippen molar-refractivity contribution in [2.45, 2.75) is 51.4 Å². The fourth-order valence-corrected chi connectivity index (χ4v) is 2.83. The molecule has 0 spiro atoms. The first-order chi connectivity index (χ1) is 8.89. The Morgan fingerprint density at radius 1 is 1.42 bits per heavy atom. The predicted molar refractivity (Wildman–Crippen MR) is 82.0 cm³/mol. The quantitative estimate of drug-likeness (QED) is 0.789. The Bertz CT molecular complexity index is 381. The third kappa shape index (κ3) is 5.40. The third-order valence-corrected chi connectivity index (χ3v) is 4.58. The lowest BCUT2D eigenvalue weighted by atomic mass is 10.1. The number of nitrogens with two attached hydrogens (primary N) is 1. The zero-order valence-corrected chi connectivity index (χ0v) is 13.7. The summed E-state index contributed by atoms with van der Waals surface area (Å²) in [6.07, 6.45) is 1.61. The zero-order chi connectivity index (χ0) is 14.5. The lowest BCUT2D eigenvalue weighted by Gasteiger charge is -2.26. The van der Waals surface area contributed by atoms with Crippen LogP contribution < -0.4 is 5.73 Å². The fourth-order valence-electron chi connectivity index (χ4n) is 1.65. The van der Waals surface area contributed by atoms with E-state index in [4.69, 9.17) is 26.8 Å². The molecule has 1 aromatic heterocycles. The lowest BCUT2D eigenvalue weighted by molar-refractivity contribution is -0.0324. The molecule has 0 saturated carbocycles. The molecule has 1 heterocycles. The molecule has 0 bridgehead atoms. The van der Waals surface area contributed by atoms with Crippen LogP contribution in [0.1, 0.15) is 44.6 Å². The molecule has 0 amide bonds. The first-order valence-electron chi connectivity index (χ1n) is 6.57. The average Bonchev–Trinajstić information content (AvgIpc) is 2.80. The van der Waals surface area contributed by atoms with Crippen molar-refractivity contribution in [2.75, 3.05) is 13.7 Å². The number of thiophene rings is 1. The standard InChI is InChI=1S/C14H24ClNO2S/c1-5-10(16)13(11-6-7-12(15)19-11)18-9-8-14(2,3)17-4/h6-7,10,13H,5,8-9,16H2,1-4H3. The van der Waals surface area contributed by atoms with Crippen molar-refractivity contribution in [2.24, 2.45) is 5.73 Å². The maximum atomic E-state index is 6.15. The van der Waals surface area contributed by atoms with Gasteiger partial charge in [-0.25, -0.2) is 0 Å². The molecule has 3 nitrogen and oxygen atoms in total. The van der Waals surface area contributed by atoms with Gasteiger partial charge in [-0.3, -0.25) is 0 Å². The van der Waals surface area contributed by atoms with Gasteiger partial charge in [-0.1, -0.05) is 18.5 Å². The van der Waals surface area contributed by atoms with E-state index in [-0.39, 0.29) is 17.7 Å². The number of rotatable bonds is 8. The largest absolute Gasteiger partial charge is 0.379 e. The van der Waals surface area contributed by atoms with E-state index in [0.29, 0.717) is 6.61 Å². The highest BCUT2D eigenvalue weighted by Crippen LogP contribution is 2.32. The second kappa shape index (κ2) is 7.60. The lowest BCUT2D eigenvalue weighted by Crippen LogP contribution is -2.31. The summed E-state index contributed by atoms with van der Waals surface area (Å²) in [6, 6.07) is 3.87. The molecule has 2 atom stereocenters. The molecule has 1 rings (SSSR count).